The van der Waals surface area contributed by atoms with Gasteiger partial charge in [-0.3, -0.25) is 14.5 Å². The Morgan fingerprint density at radius 2 is 1.74 bits per heavy atom. The number of nitrogens with zero attached hydrogens (tertiary/aromatic N) is 2. The van der Waals surface area contributed by atoms with E-state index in [9.17, 15) is 9.59 Å². The number of aliphatic hydroxyl groups excluding tert-OH is 1. The number of hydrogen-bond acceptors (Lipinski definition) is 4. The molecule has 1 aliphatic rings. The van der Waals surface area contributed by atoms with Gasteiger partial charge in [0.05, 0.1) is 12.1 Å². The molecule has 2 rings (SSSR count). The topological polar surface area (TPSA) is 72.9 Å². The zero-order chi connectivity index (χ0) is 16.9. The summed E-state index contributed by atoms with van der Waals surface area (Å²) in [5.41, 5.74) is 0.455. The van der Waals surface area contributed by atoms with Crippen molar-refractivity contribution in [2.24, 2.45) is 0 Å². The van der Waals surface area contributed by atoms with E-state index in [1.54, 1.807) is 18.7 Å². The second-order valence-electron chi connectivity index (χ2n) is 6.55. The molecule has 1 aromatic rings. The van der Waals surface area contributed by atoms with Crippen LogP contribution in [-0.4, -0.2) is 65.0 Å². The molecule has 2 amide bonds. The lowest BCUT2D eigenvalue weighted by Crippen LogP contribution is -2.56. The number of hydrogen-bond donors (Lipinski definition) is 2. The van der Waals surface area contributed by atoms with Gasteiger partial charge in [0.15, 0.2) is 0 Å². The van der Waals surface area contributed by atoms with E-state index >= 15 is 0 Å². The van der Waals surface area contributed by atoms with Crippen LogP contribution in [0.5, 0.6) is 0 Å². The highest BCUT2D eigenvalue weighted by Gasteiger charge is 2.29. The van der Waals surface area contributed by atoms with Crippen molar-refractivity contribution in [2.75, 3.05) is 32.8 Å². The van der Waals surface area contributed by atoms with E-state index in [1.165, 1.54) is 5.56 Å². The van der Waals surface area contributed by atoms with Crippen LogP contribution in [0.1, 0.15) is 19.4 Å². The quantitative estimate of drug-likeness (QED) is 0.779. The van der Waals surface area contributed by atoms with E-state index < -0.39 is 17.4 Å². The van der Waals surface area contributed by atoms with Crippen LogP contribution in [0, 0.1) is 0 Å². The van der Waals surface area contributed by atoms with Crippen LogP contribution in [-0.2, 0) is 16.1 Å². The zero-order valence-electron chi connectivity index (χ0n) is 13.8. The zero-order valence-corrected chi connectivity index (χ0v) is 13.8. The lowest BCUT2D eigenvalue weighted by Gasteiger charge is -2.35. The van der Waals surface area contributed by atoms with Crippen molar-refractivity contribution < 1.29 is 14.7 Å². The van der Waals surface area contributed by atoms with E-state index in [0.717, 1.165) is 19.6 Å². The third-order valence-corrected chi connectivity index (χ3v) is 3.95. The number of piperazine rings is 1. The highest BCUT2D eigenvalue weighted by Crippen LogP contribution is 2.09. The molecule has 126 valence electrons. The second-order valence-corrected chi connectivity index (χ2v) is 6.55. The van der Waals surface area contributed by atoms with Crippen molar-refractivity contribution in [1.29, 1.82) is 0 Å². The molecule has 0 bridgehead atoms. The fourth-order valence-electron chi connectivity index (χ4n) is 2.49. The molecule has 1 saturated heterocycles. The summed E-state index contributed by atoms with van der Waals surface area (Å²) in [6.07, 6.45) is 0. The first-order valence-electron chi connectivity index (χ1n) is 7.90. The monoisotopic (exact) mass is 319 g/mol. The third-order valence-electron chi connectivity index (χ3n) is 3.95. The molecule has 0 spiro atoms. The first-order valence-corrected chi connectivity index (χ1v) is 7.90. The Morgan fingerprint density at radius 1 is 1.13 bits per heavy atom. The Hall–Kier alpha value is -1.92. The lowest BCUT2D eigenvalue weighted by molar-refractivity contribution is -0.148. The number of carbonyl (C=O) groups is 2. The fraction of sp³-hybridized carbons (Fsp3) is 0.529. The lowest BCUT2D eigenvalue weighted by atomic mass is 10.1. The minimum Gasteiger partial charge on any atom is -0.394 e. The average Bonchev–Trinajstić information content (AvgIpc) is 2.55. The average molecular weight is 319 g/mol. The molecular formula is C17H25N3O3. The first-order chi connectivity index (χ1) is 10.9. The molecule has 6 nitrogen and oxygen atoms in total. The van der Waals surface area contributed by atoms with Gasteiger partial charge >= 0.3 is 11.8 Å². The van der Waals surface area contributed by atoms with Crippen LogP contribution in [0.15, 0.2) is 30.3 Å². The van der Waals surface area contributed by atoms with Gasteiger partial charge in [-0.25, -0.2) is 0 Å². The third kappa shape index (κ3) is 5.04. The molecule has 1 aromatic carbocycles. The van der Waals surface area contributed by atoms with Gasteiger partial charge in [-0.15, -0.1) is 0 Å². The largest absolute Gasteiger partial charge is 0.394 e. The first kappa shape index (κ1) is 17.4. The van der Waals surface area contributed by atoms with E-state index in [-0.39, 0.29) is 6.61 Å². The van der Waals surface area contributed by atoms with Crippen molar-refractivity contribution >= 4 is 11.8 Å². The number of carbonyl (C=O) groups excluding carboxylic acids is 2. The minimum absolute atomic E-state index is 0.211. The SMILES string of the molecule is CC(C)(CO)NC(=O)C(=O)N1CCN(Cc2ccccc2)CC1. The van der Waals surface area contributed by atoms with E-state index in [4.69, 9.17) is 5.11 Å². The highest BCUT2D eigenvalue weighted by molar-refractivity contribution is 6.35. The van der Waals surface area contributed by atoms with Gasteiger partial charge in [0.1, 0.15) is 0 Å². The fourth-order valence-corrected chi connectivity index (χ4v) is 2.49. The predicted octanol–water partition coefficient (Wildman–Crippen LogP) is 0.218. The van der Waals surface area contributed by atoms with Crippen LogP contribution in [0.4, 0.5) is 0 Å². The van der Waals surface area contributed by atoms with Crippen molar-refractivity contribution in [3.63, 3.8) is 0 Å². The molecule has 0 aromatic heterocycles. The number of aliphatic hydroxyl groups is 1. The normalized spacial score (nSPS) is 16.2. The number of nitrogens with one attached hydrogen (secondary N) is 1. The Kier molecular flexibility index (Phi) is 5.74. The second kappa shape index (κ2) is 7.57. The van der Waals surface area contributed by atoms with Crippen molar-refractivity contribution in [2.45, 2.75) is 25.9 Å². The molecule has 0 aliphatic carbocycles. The van der Waals surface area contributed by atoms with Crippen molar-refractivity contribution in [1.82, 2.24) is 15.1 Å². The summed E-state index contributed by atoms with van der Waals surface area (Å²) in [7, 11) is 0. The van der Waals surface area contributed by atoms with Gasteiger partial charge in [0, 0.05) is 32.7 Å². The van der Waals surface area contributed by atoms with Gasteiger partial charge in [0.2, 0.25) is 0 Å². The van der Waals surface area contributed by atoms with Gasteiger partial charge in [0.25, 0.3) is 0 Å². The Labute approximate surface area is 137 Å². The molecule has 0 radical (unpaired) electrons. The molecule has 23 heavy (non-hydrogen) atoms. The molecule has 1 aliphatic heterocycles. The summed E-state index contributed by atoms with van der Waals surface area (Å²) in [5, 5.41) is 11.7. The van der Waals surface area contributed by atoms with Gasteiger partial charge in [-0.1, -0.05) is 30.3 Å². The van der Waals surface area contributed by atoms with Crippen LogP contribution in [0.25, 0.3) is 0 Å². The molecular weight excluding hydrogens is 294 g/mol. The molecule has 6 heteroatoms. The standard InChI is InChI=1S/C17H25N3O3/c1-17(2,13-21)18-15(22)16(23)20-10-8-19(9-11-20)12-14-6-4-3-5-7-14/h3-7,21H,8-13H2,1-2H3,(H,18,22). The Balaban J connectivity index is 1.82. The summed E-state index contributed by atoms with van der Waals surface area (Å²) >= 11 is 0. The smallest absolute Gasteiger partial charge is 0.311 e. The summed E-state index contributed by atoms with van der Waals surface area (Å²) in [6.45, 7) is 6.57. The van der Waals surface area contributed by atoms with Crippen LogP contribution < -0.4 is 5.32 Å². The van der Waals surface area contributed by atoms with Crippen LogP contribution >= 0.6 is 0 Å². The van der Waals surface area contributed by atoms with Crippen molar-refractivity contribution in [3.05, 3.63) is 35.9 Å². The highest BCUT2D eigenvalue weighted by atomic mass is 16.3. The van der Waals surface area contributed by atoms with Gasteiger partial charge < -0.3 is 15.3 Å². The van der Waals surface area contributed by atoms with Crippen molar-refractivity contribution in [3.8, 4) is 0 Å². The maximum atomic E-state index is 12.2. The molecule has 0 saturated carbocycles. The summed E-state index contributed by atoms with van der Waals surface area (Å²) in [4.78, 5) is 28.0. The maximum absolute atomic E-state index is 12.2. The predicted molar refractivity (Wildman–Crippen MR) is 87.6 cm³/mol. The van der Waals surface area contributed by atoms with E-state index in [2.05, 4.69) is 22.3 Å². The molecule has 1 fully saturated rings. The molecule has 0 atom stereocenters. The number of amides is 2. The number of benzene rings is 1. The Morgan fingerprint density at radius 3 is 2.30 bits per heavy atom. The van der Waals surface area contributed by atoms with Gasteiger partial charge in [-0.05, 0) is 19.4 Å². The van der Waals surface area contributed by atoms with Crippen LogP contribution in [0.2, 0.25) is 0 Å². The minimum atomic E-state index is -0.790. The molecule has 1 heterocycles. The molecule has 2 N–H and O–H groups in total. The molecule has 0 unspecified atom stereocenters. The number of rotatable bonds is 4. The summed E-state index contributed by atoms with van der Waals surface area (Å²) < 4.78 is 0. The summed E-state index contributed by atoms with van der Waals surface area (Å²) in [6, 6.07) is 10.2. The Bertz CT molecular complexity index is 537. The van der Waals surface area contributed by atoms with E-state index in [0.29, 0.717) is 13.1 Å². The van der Waals surface area contributed by atoms with Gasteiger partial charge in [-0.2, -0.15) is 0 Å². The van der Waals surface area contributed by atoms with Crippen LogP contribution in [0.3, 0.4) is 0 Å². The summed E-state index contributed by atoms with van der Waals surface area (Å²) in [5.74, 6) is -1.17. The maximum Gasteiger partial charge on any atom is 0.311 e. The van der Waals surface area contributed by atoms with E-state index in [1.807, 2.05) is 18.2 Å².